The van der Waals surface area contributed by atoms with Gasteiger partial charge in [-0.3, -0.25) is 4.79 Å². The minimum Gasteiger partial charge on any atom is -0.481 e. The van der Waals surface area contributed by atoms with Gasteiger partial charge in [-0.05, 0) is 25.7 Å². The number of amides is 2. The summed E-state index contributed by atoms with van der Waals surface area (Å²) in [5, 5.41) is 18.9. The van der Waals surface area contributed by atoms with Crippen molar-refractivity contribution in [1.29, 1.82) is 0 Å². The van der Waals surface area contributed by atoms with Crippen molar-refractivity contribution in [3.63, 3.8) is 0 Å². The molecule has 0 aromatic heterocycles. The quantitative estimate of drug-likeness (QED) is 0.828. The number of nitrogens with zero attached hydrogens (tertiary/aromatic N) is 2. The van der Waals surface area contributed by atoms with Crippen LogP contribution in [-0.4, -0.2) is 64.3 Å². The third-order valence-corrected chi connectivity index (χ3v) is 5.09. The summed E-state index contributed by atoms with van der Waals surface area (Å²) in [6, 6.07) is -0.228. The molecule has 2 aliphatic rings. The number of hydrogen-bond donors (Lipinski definition) is 2. The highest BCUT2D eigenvalue weighted by atomic mass is 16.4. The lowest BCUT2D eigenvalue weighted by Crippen LogP contribution is -2.49. The molecule has 120 valence electrons. The summed E-state index contributed by atoms with van der Waals surface area (Å²) in [5.41, 5.74) is -0.795. The summed E-state index contributed by atoms with van der Waals surface area (Å²) >= 11 is 0. The van der Waals surface area contributed by atoms with Crippen LogP contribution in [-0.2, 0) is 4.79 Å². The van der Waals surface area contributed by atoms with Gasteiger partial charge in [0.1, 0.15) is 0 Å². The van der Waals surface area contributed by atoms with Crippen molar-refractivity contribution in [2.24, 2.45) is 5.41 Å². The maximum atomic E-state index is 12.7. The predicted octanol–water partition coefficient (Wildman–Crippen LogP) is 1.53. The Labute approximate surface area is 125 Å². The average Bonchev–Trinajstić information content (AvgIpc) is 2.79. The molecule has 0 aromatic carbocycles. The van der Waals surface area contributed by atoms with E-state index in [2.05, 4.69) is 0 Å². The Kier molecular flexibility index (Phi) is 5.08. The summed E-state index contributed by atoms with van der Waals surface area (Å²) in [6.45, 7) is 3.29. The van der Waals surface area contributed by atoms with Gasteiger partial charge >= 0.3 is 12.0 Å². The Morgan fingerprint density at radius 1 is 1.24 bits per heavy atom. The lowest BCUT2D eigenvalue weighted by Gasteiger charge is -2.33. The number of hydrogen-bond acceptors (Lipinski definition) is 3. The number of aliphatic carboxylic acids is 1. The van der Waals surface area contributed by atoms with Gasteiger partial charge in [-0.15, -0.1) is 0 Å². The Hall–Kier alpha value is -1.30. The highest BCUT2D eigenvalue weighted by molar-refractivity contribution is 5.80. The van der Waals surface area contributed by atoms with E-state index in [9.17, 15) is 19.8 Å². The van der Waals surface area contributed by atoms with E-state index < -0.39 is 11.4 Å². The molecule has 0 aromatic rings. The van der Waals surface area contributed by atoms with Crippen LogP contribution in [0.1, 0.15) is 45.4 Å². The molecule has 2 rings (SSSR count). The molecule has 0 radical (unpaired) electrons. The highest BCUT2D eigenvalue weighted by Crippen LogP contribution is 2.35. The number of carbonyl (C=O) groups excluding carboxylic acids is 1. The molecule has 6 heteroatoms. The zero-order valence-electron chi connectivity index (χ0n) is 12.8. The standard InChI is InChI=1S/C15H26N2O4/c1-2-15(13(19)20)7-9-16(11-15)14(21)17-8-5-3-4-6-12(17)10-18/h12,18H,2-11H2,1H3,(H,19,20). The fourth-order valence-corrected chi connectivity index (χ4v) is 3.45. The van der Waals surface area contributed by atoms with Crippen molar-refractivity contribution in [2.45, 2.75) is 51.5 Å². The summed E-state index contributed by atoms with van der Waals surface area (Å²) in [6.07, 6.45) is 4.94. The van der Waals surface area contributed by atoms with Crippen LogP contribution in [0.3, 0.4) is 0 Å². The summed E-state index contributed by atoms with van der Waals surface area (Å²) in [4.78, 5) is 27.6. The van der Waals surface area contributed by atoms with Crippen LogP contribution < -0.4 is 0 Å². The molecule has 2 aliphatic heterocycles. The molecule has 0 spiro atoms. The highest BCUT2D eigenvalue weighted by Gasteiger charge is 2.46. The first-order chi connectivity index (χ1) is 10.0. The second kappa shape index (κ2) is 6.64. The number of rotatable bonds is 3. The van der Waals surface area contributed by atoms with Crippen molar-refractivity contribution in [3.8, 4) is 0 Å². The van der Waals surface area contributed by atoms with Gasteiger partial charge in [0.25, 0.3) is 0 Å². The van der Waals surface area contributed by atoms with Gasteiger partial charge in [0.2, 0.25) is 0 Å². The number of carboxylic acids is 1. The fraction of sp³-hybridized carbons (Fsp3) is 0.867. The minimum atomic E-state index is -0.810. The number of aliphatic hydroxyl groups excluding tert-OH is 1. The van der Waals surface area contributed by atoms with Gasteiger partial charge in [-0.25, -0.2) is 4.79 Å². The van der Waals surface area contributed by atoms with E-state index in [0.29, 0.717) is 25.9 Å². The Morgan fingerprint density at radius 3 is 2.57 bits per heavy atom. The molecule has 2 N–H and O–H groups in total. The van der Waals surface area contributed by atoms with E-state index >= 15 is 0 Å². The first kappa shape index (κ1) is 16.1. The SMILES string of the molecule is CCC1(C(=O)O)CCN(C(=O)N2CCCCCC2CO)C1. The normalized spacial score (nSPS) is 30.3. The zero-order valence-corrected chi connectivity index (χ0v) is 12.8. The van der Waals surface area contributed by atoms with E-state index in [1.54, 1.807) is 9.80 Å². The summed E-state index contributed by atoms with van der Waals surface area (Å²) < 4.78 is 0. The third-order valence-electron chi connectivity index (χ3n) is 5.09. The summed E-state index contributed by atoms with van der Waals surface area (Å²) in [5.74, 6) is -0.810. The minimum absolute atomic E-state index is 0.0164. The zero-order chi connectivity index (χ0) is 15.5. The van der Waals surface area contributed by atoms with Crippen LogP contribution in [0.4, 0.5) is 4.79 Å². The monoisotopic (exact) mass is 298 g/mol. The molecule has 2 unspecified atom stereocenters. The number of likely N-dealkylation sites (tertiary alicyclic amines) is 2. The molecule has 6 nitrogen and oxygen atoms in total. The second-order valence-electron chi connectivity index (χ2n) is 6.27. The topological polar surface area (TPSA) is 81.1 Å². The Balaban J connectivity index is 2.07. The number of carboxylic acid groups (broad SMARTS) is 1. The van der Waals surface area contributed by atoms with Crippen LogP contribution in [0.15, 0.2) is 0 Å². The summed E-state index contributed by atoms with van der Waals surface area (Å²) in [7, 11) is 0. The molecule has 21 heavy (non-hydrogen) atoms. The van der Waals surface area contributed by atoms with E-state index in [1.165, 1.54) is 0 Å². The number of aliphatic hydroxyl groups is 1. The van der Waals surface area contributed by atoms with Gasteiger partial charge in [-0.1, -0.05) is 19.8 Å². The number of carbonyl (C=O) groups is 2. The molecule has 2 atom stereocenters. The fourth-order valence-electron chi connectivity index (χ4n) is 3.45. The molecular formula is C15H26N2O4. The van der Waals surface area contributed by atoms with Crippen LogP contribution in [0.5, 0.6) is 0 Å². The maximum Gasteiger partial charge on any atom is 0.320 e. The van der Waals surface area contributed by atoms with Crippen LogP contribution in [0, 0.1) is 5.41 Å². The van der Waals surface area contributed by atoms with Crippen LogP contribution >= 0.6 is 0 Å². The predicted molar refractivity (Wildman–Crippen MR) is 78.0 cm³/mol. The van der Waals surface area contributed by atoms with Gasteiger partial charge in [0, 0.05) is 19.6 Å². The Morgan fingerprint density at radius 2 is 2.00 bits per heavy atom. The molecule has 2 amide bonds. The van der Waals surface area contributed by atoms with E-state index in [0.717, 1.165) is 25.7 Å². The lowest BCUT2D eigenvalue weighted by atomic mass is 9.84. The first-order valence-electron chi connectivity index (χ1n) is 7.94. The Bertz CT molecular complexity index is 401. The molecule has 2 fully saturated rings. The van der Waals surface area contributed by atoms with Crippen molar-refractivity contribution >= 4 is 12.0 Å². The van der Waals surface area contributed by atoms with E-state index in [4.69, 9.17) is 0 Å². The van der Waals surface area contributed by atoms with Crippen LogP contribution in [0.2, 0.25) is 0 Å². The lowest BCUT2D eigenvalue weighted by molar-refractivity contribution is -0.148. The van der Waals surface area contributed by atoms with Gasteiger partial charge in [0.15, 0.2) is 0 Å². The second-order valence-corrected chi connectivity index (χ2v) is 6.27. The largest absolute Gasteiger partial charge is 0.481 e. The maximum absolute atomic E-state index is 12.7. The molecular weight excluding hydrogens is 272 g/mol. The smallest absolute Gasteiger partial charge is 0.320 e. The van der Waals surface area contributed by atoms with Crippen LogP contribution in [0.25, 0.3) is 0 Å². The van der Waals surface area contributed by atoms with Crippen molar-refractivity contribution in [1.82, 2.24) is 9.80 Å². The van der Waals surface area contributed by atoms with Crippen molar-refractivity contribution in [2.75, 3.05) is 26.2 Å². The molecule has 0 bridgehead atoms. The molecule has 0 aliphatic carbocycles. The molecule has 2 heterocycles. The third kappa shape index (κ3) is 3.15. The number of urea groups is 1. The van der Waals surface area contributed by atoms with Gasteiger partial charge < -0.3 is 20.0 Å². The van der Waals surface area contributed by atoms with Crippen molar-refractivity contribution < 1.29 is 19.8 Å². The van der Waals surface area contributed by atoms with Gasteiger partial charge in [0.05, 0.1) is 18.1 Å². The molecule has 2 saturated heterocycles. The average molecular weight is 298 g/mol. The van der Waals surface area contributed by atoms with Crippen molar-refractivity contribution in [3.05, 3.63) is 0 Å². The van der Waals surface area contributed by atoms with Gasteiger partial charge in [-0.2, -0.15) is 0 Å². The van der Waals surface area contributed by atoms with E-state index in [-0.39, 0.29) is 25.2 Å². The first-order valence-corrected chi connectivity index (χ1v) is 7.94. The molecule has 0 saturated carbocycles. The van der Waals surface area contributed by atoms with E-state index in [1.807, 2.05) is 6.92 Å².